The number of nitro benzene ring substituents is 1. The quantitative estimate of drug-likeness (QED) is 0.642. The molecule has 2 rings (SSSR count). The number of benzene rings is 1. The van der Waals surface area contributed by atoms with Gasteiger partial charge in [0.25, 0.3) is 17.4 Å². The first-order chi connectivity index (χ1) is 11.1. The summed E-state index contributed by atoms with van der Waals surface area (Å²) >= 11 is 0. The highest BCUT2D eigenvalue weighted by Gasteiger charge is 2.44. The highest BCUT2D eigenvalue weighted by molar-refractivity contribution is 6.09. The standard InChI is InChI=1S/C12H6F3N3O6/c13-12(14,15)9-7(11(20)21)8(17-24-9)10(19)16-5-1-3-6(4-2-5)18(22)23/h1-4H,(H,16,19)(H,20,21). The van der Waals surface area contributed by atoms with E-state index in [1.165, 1.54) is 0 Å². The lowest BCUT2D eigenvalue weighted by molar-refractivity contribution is -0.384. The fraction of sp³-hybridized carbons (Fsp3) is 0.0833. The van der Waals surface area contributed by atoms with Crippen molar-refractivity contribution in [3.8, 4) is 0 Å². The van der Waals surface area contributed by atoms with Crippen LogP contribution in [0.2, 0.25) is 0 Å². The molecule has 24 heavy (non-hydrogen) atoms. The Bertz CT molecular complexity index is 812. The first-order valence-corrected chi connectivity index (χ1v) is 5.97. The number of amides is 1. The second-order valence-electron chi connectivity index (χ2n) is 4.30. The largest absolute Gasteiger partial charge is 0.477 e. The lowest BCUT2D eigenvalue weighted by Gasteiger charge is -2.04. The zero-order valence-electron chi connectivity index (χ0n) is 11.3. The van der Waals surface area contributed by atoms with Crippen LogP contribution < -0.4 is 5.32 Å². The maximum Gasteiger partial charge on any atom is 0.453 e. The van der Waals surface area contributed by atoms with Gasteiger partial charge >= 0.3 is 12.1 Å². The molecule has 2 N–H and O–H groups in total. The first kappa shape index (κ1) is 16.9. The Morgan fingerprint density at radius 2 is 1.83 bits per heavy atom. The number of nitrogens with zero attached hydrogens (tertiary/aromatic N) is 2. The van der Waals surface area contributed by atoms with Crippen molar-refractivity contribution in [2.24, 2.45) is 0 Å². The number of aromatic nitrogens is 1. The van der Waals surface area contributed by atoms with Crippen LogP contribution in [0.15, 0.2) is 28.8 Å². The number of aromatic carboxylic acids is 1. The third kappa shape index (κ3) is 3.31. The van der Waals surface area contributed by atoms with Gasteiger partial charge in [0, 0.05) is 17.8 Å². The Kier molecular flexibility index (Phi) is 4.22. The zero-order valence-corrected chi connectivity index (χ0v) is 11.3. The summed E-state index contributed by atoms with van der Waals surface area (Å²) in [6.07, 6.45) is -5.15. The van der Waals surface area contributed by atoms with E-state index >= 15 is 0 Å². The molecule has 0 atom stereocenters. The summed E-state index contributed by atoms with van der Waals surface area (Å²) in [6, 6.07) is 4.30. The summed E-state index contributed by atoms with van der Waals surface area (Å²) in [5.74, 6) is -5.23. The second-order valence-corrected chi connectivity index (χ2v) is 4.30. The van der Waals surface area contributed by atoms with Crippen molar-refractivity contribution in [1.29, 1.82) is 0 Å². The van der Waals surface area contributed by atoms with E-state index in [9.17, 15) is 32.9 Å². The van der Waals surface area contributed by atoms with Gasteiger partial charge in [0.1, 0.15) is 5.56 Å². The molecule has 9 nitrogen and oxygen atoms in total. The number of carbonyl (C=O) groups is 2. The van der Waals surface area contributed by atoms with E-state index in [-0.39, 0.29) is 11.4 Å². The van der Waals surface area contributed by atoms with Crippen molar-refractivity contribution >= 4 is 23.3 Å². The number of hydrogen-bond donors (Lipinski definition) is 2. The van der Waals surface area contributed by atoms with Crippen LogP contribution in [0.3, 0.4) is 0 Å². The van der Waals surface area contributed by atoms with Crippen LogP contribution in [-0.2, 0) is 6.18 Å². The minimum Gasteiger partial charge on any atom is -0.477 e. The van der Waals surface area contributed by atoms with E-state index in [1.54, 1.807) is 0 Å². The number of rotatable bonds is 4. The number of carboxylic acid groups (broad SMARTS) is 1. The molecule has 0 saturated heterocycles. The molecule has 0 aliphatic rings. The highest BCUT2D eigenvalue weighted by Crippen LogP contribution is 2.33. The van der Waals surface area contributed by atoms with Gasteiger partial charge in [-0.1, -0.05) is 5.16 Å². The molecule has 1 amide bonds. The number of carbonyl (C=O) groups excluding carboxylic acids is 1. The SMILES string of the molecule is O=C(Nc1ccc([N+](=O)[O-])cc1)c1noc(C(F)(F)F)c1C(=O)O. The Morgan fingerprint density at radius 3 is 2.29 bits per heavy atom. The van der Waals surface area contributed by atoms with Gasteiger partial charge in [0.05, 0.1) is 4.92 Å². The average molecular weight is 345 g/mol. The van der Waals surface area contributed by atoms with Gasteiger partial charge in [-0.15, -0.1) is 0 Å². The van der Waals surface area contributed by atoms with Crippen LogP contribution in [-0.4, -0.2) is 27.1 Å². The first-order valence-electron chi connectivity index (χ1n) is 5.97. The van der Waals surface area contributed by atoms with Crippen LogP contribution in [0.25, 0.3) is 0 Å². The predicted molar refractivity (Wildman–Crippen MR) is 69.5 cm³/mol. The Morgan fingerprint density at radius 1 is 1.25 bits per heavy atom. The predicted octanol–water partition coefficient (Wildman–Crippen LogP) is 2.55. The molecule has 0 aliphatic heterocycles. The van der Waals surface area contributed by atoms with Gasteiger partial charge in [0.15, 0.2) is 5.69 Å². The maximum atomic E-state index is 12.6. The van der Waals surface area contributed by atoms with Crippen molar-refractivity contribution in [1.82, 2.24) is 5.16 Å². The van der Waals surface area contributed by atoms with Crippen molar-refractivity contribution in [3.63, 3.8) is 0 Å². The lowest BCUT2D eigenvalue weighted by atomic mass is 10.1. The Labute approximate surface area is 129 Å². The van der Waals surface area contributed by atoms with Crippen LogP contribution in [0.1, 0.15) is 26.6 Å². The second kappa shape index (κ2) is 5.98. The van der Waals surface area contributed by atoms with E-state index < -0.39 is 40.0 Å². The number of anilines is 1. The topological polar surface area (TPSA) is 136 Å². The van der Waals surface area contributed by atoms with Crippen LogP contribution in [0.5, 0.6) is 0 Å². The number of carboxylic acids is 1. The van der Waals surface area contributed by atoms with Crippen molar-refractivity contribution in [2.75, 3.05) is 5.32 Å². The van der Waals surface area contributed by atoms with Gasteiger partial charge in [-0.05, 0) is 12.1 Å². The molecule has 0 aliphatic carbocycles. The normalized spacial score (nSPS) is 11.1. The van der Waals surface area contributed by atoms with Crippen molar-refractivity contribution in [3.05, 3.63) is 51.4 Å². The fourth-order valence-electron chi connectivity index (χ4n) is 1.69. The third-order valence-electron chi connectivity index (χ3n) is 2.71. The molecular formula is C12H6F3N3O6. The summed E-state index contributed by atoms with van der Waals surface area (Å²) < 4.78 is 41.8. The summed E-state index contributed by atoms with van der Waals surface area (Å²) in [4.78, 5) is 32.7. The Balaban J connectivity index is 2.32. The Hall–Kier alpha value is -3.44. The molecule has 2 aromatic rings. The average Bonchev–Trinajstić information content (AvgIpc) is 2.93. The molecule has 0 radical (unpaired) electrons. The molecule has 0 spiro atoms. The van der Waals surface area contributed by atoms with Crippen molar-refractivity contribution in [2.45, 2.75) is 6.18 Å². The summed E-state index contributed by atoms with van der Waals surface area (Å²) in [6.45, 7) is 0. The monoisotopic (exact) mass is 345 g/mol. The van der Waals surface area contributed by atoms with Gasteiger partial charge in [-0.2, -0.15) is 13.2 Å². The van der Waals surface area contributed by atoms with E-state index in [0.717, 1.165) is 24.3 Å². The molecule has 1 heterocycles. The number of alkyl halides is 3. The third-order valence-corrected chi connectivity index (χ3v) is 2.71. The van der Waals surface area contributed by atoms with E-state index in [1.807, 2.05) is 0 Å². The number of nitrogens with one attached hydrogen (secondary N) is 1. The fourth-order valence-corrected chi connectivity index (χ4v) is 1.69. The molecule has 0 bridgehead atoms. The minimum atomic E-state index is -5.15. The molecular weight excluding hydrogens is 339 g/mol. The molecule has 126 valence electrons. The van der Waals surface area contributed by atoms with Crippen LogP contribution in [0, 0.1) is 10.1 Å². The summed E-state index contributed by atoms with van der Waals surface area (Å²) in [5, 5.41) is 24.3. The molecule has 0 unspecified atom stereocenters. The van der Waals surface area contributed by atoms with Crippen molar-refractivity contribution < 1.29 is 37.3 Å². The highest BCUT2D eigenvalue weighted by atomic mass is 19.4. The van der Waals surface area contributed by atoms with E-state index in [0.29, 0.717) is 0 Å². The molecule has 12 heteroatoms. The number of non-ortho nitro benzene ring substituents is 1. The zero-order chi connectivity index (χ0) is 18.1. The summed E-state index contributed by atoms with van der Waals surface area (Å²) in [7, 11) is 0. The molecule has 1 aromatic heterocycles. The van der Waals surface area contributed by atoms with Crippen LogP contribution >= 0.6 is 0 Å². The lowest BCUT2D eigenvalue weighted by Crippen LogP contribution is -2.18. The molecule has 0 saturated carbocycles. The van der Waals surface area contributed by atoms with Gasteiger partial charge in [0.2, 0.25) is 0 Å². The smallest absolute Gasteiger partial charge is 0.453 e. The maximum absolute atomic E-state index is 12.6. The van der Waals surface area contributed by atoms with Crippen LogP contribution in [0.4, 0.5) is 24.5 Å². The molecule has 1 aromatic carbocycles. The molecule has 0 fully saturated rings. The van der Waals surface area contributed by atoms with E-state index in [2.05, 4.69) is 15.0 Å². The minimum absolute atomic E-state index is 0.0153. The number of nitro groups is 1. The van der Waals surface area contributed by atoms with Gasteiger partial charge in [-0.3, -0.25) is 14.9 Å². The van der Waals surface area contributed by atoms with Gasteiger partial charge < -0.3 is 14.9 Å². The summed E-state index contributed by atoms with van der Waals surface area (Å²) in [5.41, 5.74) is -2.80. The van der Waals surface area contributed by atoms with Gasteiger partial charge in [-0.25, -0.2) is 4.79 Å². The number of halogens is 3. The number of hydrogen-bond acceptors (Lipinski definition) is 6. The van der Waals surface area contributed by atoms with E-state index in [4.69, 9.17) is 5.11 Å².